The van der Waals surface area contributed by atoms with Crippen LogP contribution in [0.1, 0.15) is 22.3 Å². The quantitative estimate of drug-likeness (QED) is 0.419. The van der Waals surface area contributed by atoms with E-state index in [1.807, 2.05) is 18.2 Å². The van der Waals surface area contributed by atoms with Crippen molar-refractivity contribution in [2.45, 2.75) is 12.8 Å². The first-order valence-electron chi connectivity index (χ1n) is 7.92. The van der Waals surface area contributed by atoms with Crippen LogP contribution in [0, 0.1) is 10.1 Å². The van der Waals surface area contributed by atoms with Gasteiger partial charge in [-0.15, -0.1) is 0 Å². The average Bonchev–Trinajstić information content (AvgIpc) is 2.61. The number of nitro benzene ring substituents is 1. The summed E-state index contributed by atoms with van der Waals surface area (Å²) < 4.78 is 5.54. The molecule has 0 radical (unpaired) electrons. The summed E-state index contributed by atoms with van der Waals surface area (Å²) in [5, 5.41) is 13.4. The van der Waals surface area contributed by atoms with Crippen molar-refractivity contribution < 1.29 is 14.5 Å². The van der Waals surface area contributed by atoms with Gasteiger partial charge in [0.2, 0.25) is 0 Å². The lowest BCUT2D eigenvalue weighted by molar-refractivity contribution is -0.384. The molecule has 0 unspecified atom stereocenters. The van der Waals surface area contributed by atoms with Gasteiger partial charge in [-0.05, 0) is 24.5 Å². The van der Waals surface area contributed by atoms with E-state index in [0.717, 1.165) is 6.42 Å². The minimum Gasteiger partial charge on any atom is -0.381 e. The summed E-state index contributed by atoms with van der Waals surface area (Å²) in [4.78, 5) is 22.1. The maximum Gasteiger partial charge on any atom is 0.270 e. The molecule has 6 nitrogen and oxygen atoms in total. The molecule has 0 saturated heterocycles. The number of nitro groups is 1. The topological polar surface area (TPSA) is 81.5 Å². The van der Waals surface area contributed by atoms with Crippen molar-refractivity contribution in [3.63, 3.8) is 0 Å². The number of nitrogens with one attached hydrogen (secondary N) is 1. The number of carbonyl (C=O) groups is 1. The molecule has 0 atom stereocenters. The van der Waals surface area contributed by atoms with E-state index >= 15 is 0 Å². The van der Waals surface area contributed by atoms with Crippen LogP contribution in [0.4, 0.5) is 5.69 Å². The second-order valence-corrected chi connectivity index (χ2v) is 5.79. The number of rotatable bonds is 9. The van der Waals surface area contributed by atoms with Gasteiger partial charge < -0.3 is 10.1 Å². The van der Waals surface area contributed by atoms with Gasteiger partial charge in [0.1, 0.15) is 0 Å². The van der Waals surface area contributed by atoms with Crippen LogP contribution in [-0.4, -0.2) is 30.6 Å². The first-order chi connectivity index (χ1) is 12.1. The molecule has 0 aliphatic rings. The Morgan fingerprint density at radius 2 is 1.92 bits per heavy atom. The Balaban J connectivity index is 1.64. The third-order valence-electron chi connectivity index (χ3n) is 3.54. The number of hydrogen-bond acceptors (Lipinski definition) is 4. The summed E-state index contributed by atoms with van der Waals surface area (Å²) in [6.45, 7) is 1.62. The predicted octanol–water partition coefficient (Wildman–Crippen LogP) is 3.63. The van der Waals surface area contributed by atoms with E-state index in [1.165, 1.54) is 23.8 Å². The number of non-ortho nitro benzene ring substituents is 1. The van der Waals surface area contributed by atoms with Crippen molar-refractivity contribution in [3.05, 3.63) is 74.8 Å². The number of benzene rings is 2. The summed E-state index contributed by atoms with van der Waals surface area (Å²) in [7, 11) is 0. The first-order valence-corrected chi connectivity index (χ1v) is 8.29. The molecule has 0 aliphatic carbocycles. The van der Waals surface area contributed by atoms with Crippen molar-refractivity contribution in [3.8, 4) is 0 Å². The van der Waals surface area contributed by atoms with Crippen molar-refractivity contribution >= 4 is 23.2 Å². The molecule has 2 aromatic rings. The van der Waals surface area contributed by atoms with Gasteiger partial charge in [0.25, 0.3) is 11.6 Å². The monoisotopic (exact) mass is 362 g/mol. The van der Waals surface area contributed by atoms with Gasteiger partial charge >= 0.3 is 0 Å². The molecule has 0 bridgehead atoms. The van der Waals surface area contributed by atoms with E-state index in [9.17, 15) is 14.9 Å². The number of halogens is 1. The standard InChI is InChI=1S/C18H19ClN2O4/c19-17-13-15(21(23)24)7-8-16(17)18(22)20-10-4-11-25-12-9-14-5-2-1-3-6-14/h1-3,5-8,13H,4,9-12H2,(H,20,22). The van der Waals surface area contributed by atoms with E-state index in [1.54, 1.807) is 0 Å². The molecule has 7 heteroatoms. The maximum atomic E-state index is 12.0. The lowest BCUT2D eigenvalue weighted by Gasteiger charge is -2.07. The molecule has 1 N–H and O–H groups in total. The molecule has 0 aliphatic heterocycles. The molecule has 2 aromatic carbocycles. The fourth-order valence-electron chi connectivity index (χ4n) is 2.21. The van der Waals surface area contributed by atoms with Crippen LogP contribution in [0.15, 0.2) is 48.5 Å². The minimum absolute atomic E-state index is 0.0609. The van der Waals surface area contributed by atoms with Crippen molar-refractivity contribution in [2.24, 2.45) is 0 Å². The fourth-order valence-corrected chi connectivity index (χ4v) is 2.47. The van der Waals surface area contributed by atoms with Crippen LogP contribution < -0.4 is 5.32 Å². The Morgan fingerprint density at radius 1 is 1.16 bits per heavy atom. The van der Waals surface area contributed by atoms with Crippen LogP contribution in [0.2, 0.25) is 5.02 Å². The number of nitrogens with zero attached hydrogens (tertiary/aromatic N) is 1. The van der Waals surface area contributed by atoms with E-state index in [-0.39, 0.29) is 22.2 Å². The highest BCUT2D eigenvalue weighted by atomic mass is 35.5. The Labute approximate surface area is 150 Å². The molecule has 0 fully saturated rings. The van der Waals surface area contributed by atoms with Crippen molar-refractivity contribution in [1.29, 1.82) is 0 Å². The van der Waals surface area contributed by atoms with Crippen LogP contribution in [0.3, 0.4) is 0 Å². The molecule has 0 spiro atoms. The molecule has 0 aromatic heterocycles. The normalized spacial score (nSPS) is 10.4. The lowest BCUT2D eigenvalue weighted by atomic mass is 10.2. The second kappa shape index (κ2) is 9.76. The Kier molecular flexibility index (Phi) is 7.37. The molecule has 2 rings (SSSR count). The molecular formula is C18H19ClN2O4. The largest absolute Gasteiger partial charge is 0.381 e. The SMILES string of the molecule is O=C(NCCCOCCc1ccccc1)c1ccc([N+](=O)[O-])cc1Cl. The van der Waals surface area contributed by atoms with E-state index in [2.05, 4.69) is 17.4 Å². The third-order valence-corrected chi connectivity index (χ3v) is 3.85. The first kappa shape index (κ1) is 18.9. The average molecular weight is 363 g/mol. The molecule has 0 heterocycles. The minimum atomic E-state index is -0.555. The van der Waals surface area contributed by atoms with E-state index < -0.39 is 4.92 Å². The summed E-state index contributed by atoms with van der Waals surface area (Å²) in [6.07, 6.45) is 1.52. The van der Waals surface area contributed by atoms with Crippen molar-refractivity contribution in [1.82, 2.24) is 5.32 Å². The highest BCUT2D eigenvalue weighted by Gasteiger charge is 2.14. The second-order valence-electron chi connectivity index (χ2n) is 5.38. The van der Waals surface area contributed by atoms with E-state index in [0.29, 0.717) is 26.2 Å². The third kappa shape index (κ3) is 6.17. The van der Waals surface area contributed by atoms with Gasteiger partial charge in [0, 0.05) is 25.3 Å². The Bertz CT molecular complexity index is 722. The van der Waals surface area contributed by atoms with Crippen LogP contribution >= 0.6 is 11.6 Å². The van der Waals surface area contributed by atoms with Crippen molar-refractivity contribution in [2.75, 3.05) is 19.8 Å². The maximum absolute atomic E-state index is 12.0. The zero-order chi connectivity index (χ0) is 18.1. The van der Waals surface area contributed by atoms with Crippen LogP contribution in [0.25, 0.3) is 0 Å². The van der Waals surface area contributed by atoms with Gasteiger partial charge in [-0.2, -0.15) is 0 Å². The highest BCUT2D eigenvalue weighted by molar-refractivity contribution is 6.34. The fraction of sp³-hybridized carbons (Fsp3) is 0.278. The number of amides is 1. The number of ether oxygens (including phenoxy) is 1. The lowest BCUT2D eigenvalue weighted by Crippen LogP contribution is -2.25. The molecule has 0 saturated carbocycles. The van der Waals surface area contributed by atoms with Gasteiger partial charge in [-0.25, -0.2) is 0 Å². The molecule has 25 heavy (non-hydrogen) atoms. The summed E-state index contributed by atoms with van der Waals surface area (Å²) in [5.41, 5.74) is 1.30. The zero-order valence-corrected chi connectivity index (χ0v) is 14.4. The highest BCUT2D eigenvalue weighted by Crippen LogP contribution is 2.22. The Hall–Kier alpha value is -2.44. The van der Waals surface area contributed by atoms with E-state index in [4.69, 9.17) is 16.3 Å². The summed E-state index contributed by atoms with van der Waals surface area (Å²) in [5.74, 6) is -0.357. The van der Waals surface area contributed by atoms with Gasteiger partial charge in [0.15, 0.2) is 0 Å². The van der Waals surface area contributed by atoms with Crippen LogP contribution in [0.5, 0.6) is 0 Å². The molecular weight excluding hydrogens is 344 g/mol. The zero-order valence-electron chi connectivity index (χ0n) is 13.6. The van der Waals surface area contributed by atoms with Gasteiger partial charge in [0.05, 0.1) is 22.1 Å². The smallest absolute Gasteiger partial charge is 0.270 e. The van der Waals surface area contributed by atoms with Gasteiger partial charge in [-0.3, -0.25) is 14.9 Å². The Morgan fingerprint density at radius 3 is 2.60 bits per heavy atom. The van der Waals surface area contributed by atoms with Gasteiger partial charge in [-0.1, -0.05) is 41.9 Å². The summed E-state index contributed by atoms with van der Waals surface area (Å²) in [6, 6.07) is 13.9. The summed E-state index contributed by atoms with van der Waals surface area (Å²) >= 11 is 5.92. The molecule has 132 valence electrons. The van der Waals surface area contributed by atoms with Crippen LogP contribution in [-0.2, 0) is 11.2 Å². The molecule has 1 amide bonds. The number of carbonyl (C=O) groups excluding carboxylic acids is 1. The number of hydrogen-bond donors (Lipinski definition) is 1. The predicted molar refractivity (Wildman–Crippen MR) is 96.0 cm³/mol.